The highest BCUT2D eigenvalue weighted by molar-refractivity contribution is 5.94. The van der Waals surface area contributed by atoms with E-state index in [2.05, 4.69) is 15.6 Å². The third-order valence-corrected chi connectivity index (χ3v) is 2.77. The van der Waals surface area contributed by atoms with Crippen LogP contribution in [-0.2, 0) is 6.54 Å². The summed E-state index contributed by atoms with van der Waals surface area (Å²) < 4.78 is 28.8. The summed E-state index contributed by atoms with van der Waals surface area (Å²) in [5.74, 6) is -2.12. The van der Waals surface area contributed by atoms with Crippen LogP contribution in [0, 0.1) is 11.6 Å². The topological polar surface area (TPSA) is 59.0 Å². The Bertz CT molecular complexity index is 575. The number of nitrogens with zero attached hydrogens (tertiary/aromatic N) is 2. The molecule has 0 atom stereocenters. The summed E-state index contributed by atoms with van der Waals surface area (Å²) in [6.07, 6.45) is 5.00. The van der Waals surface area contributed by atoms with E-state index in [0.29, 0.717) is 13.1 Å². The minimum atomic E-state index is -0.799. The monoisotopic (exact) mass is 280 g/mol. The Balaban J connectivity index is 1.99. The van der Waals surface area contributed by atoms with Crippen molar-refractivity contribution in [2.45, 2.75) is 6.54 Å². The third kappa shape index (κ3) is 3.11. The van der Waals surface area contributed by atoms with E-state index in [1.54, 1.807) is 23.3 Å². The van der Waals surface area contributed by atoms with Gasteiger partial charge in [-0.2, -0.15) is 0 Å². The second kappa shape index (κ2) is 6.14. The van der Waals surface area contributed by atoms with E-state index < -0.39 is 17.5 Å². The summed E-state index contributed by atoms with van der Waals surface area (Å²) in [4.78, 5) is 15.7. The van der Waals surface area contributed by atoms with Crippen molar-refractivity contribution in [1.29, 1.82) is 0 Å². The Morgan fingerprint density at radius 1 is 1.35 bits per heavy atom. The van der Waals surface area contributed by atoms with E-state index >= 15 is 0 Å². The number of imidazole rings is 1. The number of hydrogen-bond donors (Lipinski definition) is 2. The molecule has 106 valence electrons. The molecule has 0 bridgehead atoms. The Labute approximate surface area is 114 Å². The molecule has 5 nitrogen and oxygen atoms in total. The van der Waals surface area contributed by atoms with Crippen LogP contribution in [-0.4, -0.2) is 29.1 Å². The average molecular weight is 280 g/mol. The fourth-order valence-corrected chi connectivity index (χ4v) is 1.76. The van der Waals surface area contributed by atoms with Crippen LogP contribution < -0.4 is 10.6 Å². The van der Waals surface area contributed by atoms with Gasteiger partial charge < -0.3 is 15.2 Å². The van der Waals surface area contributed by atoms with Crippen molar-refractivity contribution in [3.8, 4) is 0 Å². The minimum Gasteiger partial charge on any atom is -0.383 e. The predicted octanol–water partition coefficient (Wildman–Crippen LogP) is 1.63. The van der Waals surface area contributed by atoms with E-state index in [1.165, 1.54) is 7.05 Å². The van der Waals surface area contributed by atoms with E-state index in [9.17, 15) is 13.6 Å². The van der Waals surface area contributed by atoms with Gasteiger partial charge in [0.15, 0.2) is 0 Å². The molecule has 0 aliphatic carbocycles. The SMILES string of the molecule is CNc1c(F)cc(C(=O)NCCn2ccnc2)cc1F. The normalized spacial score (nSPS) is 10.3. The van der Waals surface area contributed by atoms with Crippen molar-refractivity contribution in [2.24, 2.45) is 0 Å². The maximum atomic E-state index is 13.5. The van der Waals surface area contributed by atoms with Crippen LogP contribution in [0.5, 0.6) is 0 Å². The lowest BCUT2D eigenvalue weighted by molar-refractivity contribution is 0.0951. The molecule has 0 aliphatic heterocycles. The summed E-state index contributed by atoms with van der Waals surface area (Å²) in [6.45, 7) is 0.873. The van der Waals surface area contributed by atoms with Crippen LogP contribution in [0.15, 0.2) is 30.9 Å². The molecule has 0 unspecified atom stereocenters. The molecule has 0 saturated heterocycles. The molecule has 0 saturated carbocycles. The number of rotatable bonds is 5. The summed E-state index contributed by atoms with van der Waals surface area (Å²) in [7, 11) is 1.41. The van der Waals surface area contributed by atoms with Gasteiger partial charge >= 0.3 is 0 Å². The largest absolute Gasteiger partial charge is 0.383 e. The number of halogens is 2. The molecule has 2 N–H and O–H groups in total. The zero-order valence-corrected chi connectivity index (χ0v) is 10.9. The Morgan fingerprint density at radius 3 is 2.60 bits per heavy atom. The van der Waals surface area contributed by atoms with Crippen molar-refractivity contribution in [3.05, 3.63) is 48.1 Å². The maximum Gasteiger partial charge on any atom is 0.251 e. The summed E-state index contributed by atoms with van der Waals surface area (Å²) in [6, 6.07) is 2.00. The lowest BCUT2D eigenvalue weighted by atomic mass is 10.1. The molecular formula is C13H14F2N4O. The molecule has 0 fully saturated rings. The Morgan fingerprint density at radius 2 is 2.05 bits per heavy atom. The number of hydrogen-bond acceptors (Lipinski definition) is 3. The number of anilines is 1. The fraction of sp³-hybridized carbons (Fsp3) is 0.231. The second-order valence-corrected chi connectivity index (χ2v) is 4.12. The molecule has 0 radical (unpaired) electrons. The zero-order valence-electron chi connectivity index (χ0n) is 10.9. The highest BCUT2D eigenvalue weighted by Gasteiger charge is 2.13. The van der Waals surface area contributed by atoms with Gasteiger partial charge in [-0.3, -0.25) is 4.79 Å². The van der Waals surface area contributed by atoms with E-state index in [4.69, 9.17) is 0 Å². The number of carbonyl (C=O) groups is 1. The molecule has 1 aromatic carbocycles. The van der Waals surface area contributed by atoms with Gasteiger partial charge in [-0.05, 0) is 12.1 Å². The molecule has 1 amide bonds. The van der Waals surface area contributed by atoms with Crippen molar-refractivity contribution in [2.75, 3.05) is 18.9 Å². The number of nitrogens with one attached hydrogen (secondary N) is 2. The van der Waals surface area contributed by atoms with Gasteiger partial charge in [0, 0.05) is 38.1 Å². The van der Waals surface area contributed by atoms with Gasteiger partial charge in [0.25, 0.3) is 5.91 Å². The predicted molar refractivity (Wildman–Crippen MR) is 70.5 cm³/mol. The lowest BCUT2D eigenvalue weighted by Crippen LogP contribution is -2.27. The first kappa shape index (κ1) is 14.0. The molecular weight excluding hydrogens is 266 g/mol. The van der Waals surface area contributed by atoms with Crippen LogP contribution >= 0.6 is 0 Å². The van der Waals surface area contributed by atoms with Crippen LogP contribution in [0.4, 0.5) is 14.5 Å². The molecule has 20 heavy (non-hydrogen) atoms. The maximum absolute atomic E-state index is 13.5. The molecule has 1 aromatic heterocycles. The standard InChI is InChI=1S/C13H14F2N4O/c1-16-12-10(14)6-9(7-11(12)15)13(20)18-3-5-19-4-2-17-8-19/h2,4,6-8,16H,3,5H2,1H3,(H,18,20). The summed E-state index contributed by atoms with van der Waals surface area (Å²) >= 11 is 0. The van der Waals surface area contributed by atoms with E-state index in [0.717, 1.165) is 12.1 Å². The third-order valence-electron chi connectivity index (χ3n) is 2.77. The number of aromatic nitrogens is 2. The Hall–Kier alpha value is -2.44. The molecule has 0 spiro atoms. The first-order valence-electron chi connectivity index (χ1n) is 6.02. The van der Waals surface area contributed by atoms with Gasteiger partial charge in [-0.25, -0.2) is 13.8 Å². The average Bonchev–Trinajstić information content (AvgIpc) is 2.91. The van der Waals surface area contributed by atoms with Crippen LogP contribution in [0.25, 0.3) is 0 Å². The van der Waals surface area contributed by atoms with Gasteiger partial charge in [0.2, 0.25) is 0 Å². The first-order chi connectivity index (χ1) is 9.61. The minimum absolute atomic E-state index is 0.0513. The van der Waals surface area contributed by atoms with E-state index in [-0.39, 0.29) is 11.3 Å². The van der Waals surface area contributed by atoms with Crippen molar-refractivity contribution in [3.63, 3.8) is 0 Å². The number of benzene rings is 1. The van der Waals surface area contributed by atoms with E-state index in [1.807, 2.05) is 0 Å². The van der Waals surface area contributed by atoms with Gasteiger partial charge in [0.05, 0.1) is 6.33 Å². The molecule has 2 aromatic rings. The highest BCUT2D eigenvalue weighted by atomic mass is 19.1. The smallest absolute Gasteiger partial charge is 0.251 e. The van der Waals surface area contributed by atoms with Gasteiger partial charge in [0.1, 0.15) is 17.3 Å². The lowest BCUT2D eigenvalue weighted by Gasteiger charge is -2.09. The fourth-order valence-electron chi connectivity index (χ4n) is 1.76. The highest BCUT2D eigenvalue weighted by Crippen LogP contribution is 2.20. The number of carbonyl (C=O) groups excluding carboxylic acids is 1. The summed E-state index contributed by atoms with van der Waals surface area (Å²) in [5.41, 5.74) is -0.301. The van der Waals surface area contributed by atoms with Crippen molar-refractivity contribution < 1.29 is 13.6 Å². The van der Waals surface area contributed by atoms with Crippen molar-refractivity contribution >= 4 is 11.6 Å². The van der Waals surface area contributed by atoms with Crippen LogP contribution in [0.3, 0.4) is 0 Å². The summed E-state index contributed by atoms with van der Waals surface area (Å²) in [5, 5.41) is 4.99. The van der Waals surface area contributed by atoms with Crippen LogP contribution in [0.2, 0.25) is 0 Å². The molecule has 1 heterocycles. The first-order valence-corrected chi connectivity index (χ1v) is 6.02. The zero-order chi connectivity index (χ0) is 14.5. The number of amides is 1. The molecule has 7 heteroatoms. The molecule has 2 rings (SSSR count). The Kier molecular flexibility index (Phi) is 4.29. The van der Waals surface area contributed by atoms with Crippen molar-refractivity contribution in [1.82, 2.24) is 14.9 Å². The molecule has 0 aliphatic rings. The quantitative estimate of drug-likeness (QED) is 0.875. The van der Waals surface area contributed by atoms with Gasteiger partial charge in [-0.1, -0.05) is 0 Å². The van der Waals surface area contributed by atoms with Gasteiger partial charge in [-0.15, -0.1) is 0 Å². The van der Waals surface area contributed by atoms with Crippen LogP contribution in [0.1, 0.15) is 10.4 Å². The second-order valence-electron chi connectivity index (χ2n) is 4.12.